The second kappa shape index (κ2) is 11.9. The first-order valence-corrected chi connectivity index (χ1v) is 11.8. The third-order valence-electron chi connectivity index (χ3n) is 5.93. The maximum absolute atomic E-state index is 13.4. The van der Waals surface area contributed by atoms with Gasteiger partial charge >= 0.3 is 17.8 Å². The van der Waals surface area contributed by atoms with E-state index < -0.39 is 29.7 Å². The second-order valence-corrected chi connectivity index (χ2v) is 9.24. The van der Waals surface area contributed by atoms with Gasteiger partial charge in [0.1, 0.15) is 0 Å². The van der Waals surface area contributed by atoms with Crippen molar-refractivity contribution in [1.82, 2.24) is 19.8 Å². The molecule has 1 atom stereocenters. The summed E-state index contributed by atoms with van der Waals surface area (Å²) in [4.78, 5) is 38.7. The average molecular weight is 563 g/mol. The van der Waals surface area contributed by atoms with Crippen LogP contribution < -0.4 is 11.0 Å². The molecule has 1 aromatic heterocycles. The molecule has 1 aliphatic rings. The summed E-state index contributed by atoms with van der Waals surface area (Å²) < 4.78 is 59.9. The maximum atomic E-state index is 13.4. The number of carboxylic acid groups (broad SMARTS) is 1. The van der Waals surface area contributed by atoms with Crippen molar-refractivity contribution in [3.05, 3.63) is 69.1 Å². The molecule has 0 unspecified atom stereocenters. The summed E-state index contributed by atoms with van der Waals surface area (Å²) in [5.41, 5.74) is 1.53. The highest BCUT2D eigenvalue weighted by atomic mass is 35.5. The number of nitrogens with zero attached hydrogens (tertiary/aromatic N) is 2. The van der Waals surface area contributed by atoms with Crippen molar-refractivity contribution >= 4 is 34.5 Å². The Morgan fingerprint density at radius 3 is 2.34 bits per heavy atom. The quantitative estimate of drug-likeness (QED) is 0.401. The van der Waals surface area contributed by atoms with E-state index >= 15 is 0 Å². The summed E-state index contributed by atoms with van der Waals surface area (Å²) in [5, 5.41) is 10.5. The number of likely N-dealkylation sites (tertiary alicyclic amines) is 1. The number of amides is 1. The van der Waals surface area contributed by atoms with Crippen LogP contribution in [-0.4, -0.2) is 63.3 Å². The van der Waals surface area contributed by atoms with Crippen molar-refractivity contribution in [3.8, 4) is 0 Å². The molecule has 0 bridgehead atoms. The lowest BCUT2D eigenvalue weighted by atomic mass is 10.0. The van der Waals surface area contributed by atoms with Crippen LogP contribution in [0.15, 0.2) is 41.2 Å². The number of aliphatic carboxylic acids is 1. The summed E-state index contributed by atoms with van der Waals surface area (Å²) in [6, 6.07) is 8.41. The Labute approximate surface area is 218 Å². The van der Waals surface area contributed by atoms with E-state index in [1.54, 1.807) is 16.7 Å². The van der Waals surface area contributed by atoms with Gasteiger partial charge in [-0.3, -0.25) is 9.36 Å². The monoisotopic (exact) mass is 562 g/mol. The van der Waals surface area contributed by atoms with E-state index in [0.29, 0.717) is 11.6 Å². The number of piperidine rings is 1. The van der Waals surface area contributed by atoms with Crippen LogP contribution in [0.3, 0.4) is 0 Å². The van der Waals surface area contributed by atoms with Crippen molar-refractivity contribution < 1.29 is 36.6 Å². The third kappa shape index (κ3) is 7.32. The normalized spacial score (nSPS) is 15.6. The number of aromatic amines is 1. The summed E-state index contributed by atoms with van der Waals surface area (Å²) >= 11 is 6.02. The lowest BCUT2D eigenvalue weighted by Gasteiger charge is -2.34. The fraction of sp³-hybridized carbons (Fsp3) is 0.375. The fourth-order valence-electron chi connectivity index (χ4n) is 4.20. The number of aromatic nitrogens is 2. The van der Waals surface area contributed by atoms with Gasteiger partial charge in [0.2, 0.25) is 0 Å². The minimum absolute atomic E-state index is 0.0864. The summed E-state index contributed by atoms with van der Waals surface area (Å²) in [6.07, 6.45) is -3.47. The van der Waals surface area contributed by atoms with Gasteiger partial charge in [-0.1, -0.05) is 11.6 Å². The molecule has 3 aromatic rings. The Kier molecular flexibility index (Phi) is 9.15. The van der Waals surface area contributed by atoms with Gasteiger partial charge in [0.25, 0.3) is 5.91 Å². The Morgan fingerprint density at radius 2 is 1.76 bits per heavy atom. The number of rotatable bonds is 5. The van der Waals surface area contributed by atoms with Gasteiger partial charge in [-0.2, -0.15) is 13.2 Å². The molecule has 38 heavy (non-hydrogen) atoms. The Bertz CT molecular complexity index is 1370. The van der Waals surface area contributed by atoms with Crippen LogP contribution >= 0.6 is 11.6 Å². The summed E-state index contributed by atoms with van der Waals surface area (Å²) in [7, 11) is 0. The van der Waals surface area contributed by atoms with Gasteiger partial charge < -0.3 is 20.3 Å². The molecule has 1 amide bonds. The fourth-order valence-corrected chi connectivity index (χ4v) is 4.38. The predicted octanol–water partition coefficient (Wildman–Crippen LogP) is 4.35. The molecule has 0 aliphatic carbocycles. The van der Waals surface area contributed by atoms with Crippen molar-refractivity contribution in [1.29, 1.82) is 0 Å². The average Bonchev–Trinajstić information content (AvgIpc) is 3.15. The number of alkyl halides is 3. The third-order valence-corrected chi connectivity index (χ3v) is 6.17. The summed E-state index contributed by atoms with van der Waals surface area (Å²) in [5.74, 6) is -5.22. The Morgan fingerprint density at radius 1 is 1.13 bits per heavy atom. The van der Waals surface area contributed by atoms with Crippen LogP contribution in [0, 0.1) is 11.6 Å². The van der Waals surface area contributed by atoms with Crippen LogP contribution in [-0.2, 0) is 4.79 Å². The first-order valence-electron chi connectivity index (χ1n) is 11.4. The molecule has 4 rings (SSSR count). The largest absolute Gasteiger partial charge is 0.490 e. The zero-order valence-corrected chi connectivity index (χ0v) is 20.7. The number of H-pyrrole nitrogens is 1. The number of halogens is 6. The standard InChI is InChI=1S/C22H23ClF2N4O2.C2HF3O2/c1-13(26-21(30)14-2-4-17(24)18(25)10-14)12-28-8-6-16(7-9-28)29-20-5-3-15(23)11-19(20)27-22(29)31;3-2(4,5)1(6)7/h2-5,10-11,13,16H,6-9,12H2,1H3,(H,26,30)(H,27,31);(H,6,7)/t13-;/m0./s1. The minimum atomic E-state index is -5.08. The van der Waals surface area contributed by atoms with Crippen LogP contribution in [0.1, 0.15) is 36.2 Å². The maximum Gasteiger partial charge on any atom is 0.490 e. The van der Waals surface area contributed by atoms with Gasteiger partial charge in [-0.05, 0) is 56.2 Å². The Balaban J connectivity index is 0.000000505. The van der Waals surface area contributed by atoms with E-state index in [0.717, 1.165) is 49.1 Å². The smallest absolute Gasteiger partial charge is 0.475 e. The molecule has 3 N–H and O–H groups in total. The van der Waals surface area contributed by atoms with Gasteiger partial charge in [0.05, 0.1) is 11.0 Å². The van der Waals surface area contributed by atoms with Gasteiger partial charge in [-0.15, -0.1) is 0 Å². The van der Waals surface area contributed by atoms with Crippen molar-refractivity contribution in [3.63, 3.8) is 0 Å². The second-order valence-electron chi connectivity index (χ2n) is 8.80. The zero-order chi connectivity index (χ0) is 28.2. The molecule has 14 heteroatoms. The van der Waals surface area contributed by atoms with Crippen molar-refractivity contribution in [2.75, 3.05) is 19.6 Å². The molecule has 2 heterocycles. The van der Waals surface area contributed by atoms with Crippen molar-refractivity contribution in [2.24, 2.45) is 0 Å². The van der Waals surface area contributed by atoms with E-state index in [1.165, 1.54) is 6.07 Å². The van der Waals surface area contributed by atoms with Crippen molar-refractivity contribution in [2.45, 2.75) is 38.0 Å². The van der Waals surface area contributed by atoms with E-state index in [4.69, 9.17) is 21.5 Å². The lowest BCUT2D eigenvalue weighted by Crippen LogP contribution is -2.45. The topological polar surface area (TPSA) is 107 Å². The number of imidazole rings is 1. The molecule has 8 nitrogen and oxygen atoms in total. The van der Waals surface area contributed by atoms with E-state index in [-0.39, 0.29) is 23.3 Å². The van der Waals surface area contributed by atoms with Crippen LogP contribution in [0.25, 0.3) is 11.0 Å². The summed E-state index contributed by atoms with van der Waals surface area (Å²) in [6.45, 7) is 4.06. The van der Waals surface area contributed by atoms with Gasteiger partial charge in [0.15, 0.2) is 11.6 Å². The van der Waals surface area contributed by atoms with Crippen LogP contribution in [0.2, 0.25) is 5.02 Å². The molecule has 2 aromatic carbocycles. The molecule has 0 spiro atoms. The van der Waals surface area contributed by atoms with E-state index in [1.807, 2.05) is 13.0 Å². The molecule has 0 saturated carbocycles. The van der Waals surface area contributed by atoms with Crippen LogP contribution in [0.4, 0.5) is 22.0 Å². The first kappa shape index (κ1) is 29.1. The van der Waals surface area contributed by atoms with Gasteiger partial charge in [-0.25, -0.2) is 18.4 Å². The molecule has 1 saturated heterocycles. The minimum Gasteiger partial charge on any atom is -0.475 e. The number of carbonyl (C=O) groups is 2. The SMILES string of the molecule is C[C@@H](CN1CCC(n2c(=O)[nH]c3cc(Cl)ccc32)CC1)NC(=O)c1ccc(F)c(F)c1.O=C(O)C(F)(F)F. The number of carboxylic acids is 1. The number of hydrogen-bond acceptors (Lipinski definition) is 4. The number of carbonyl (C=O) groups excluding carboxylic acids is 1. The molecule has 1 aliphatic heterocycles. The molecular formula is C24H24ClF5N4O4. The highest BCUT2D eigenvalue weighted by Crippen LogP contribution is 2.26. The predicted molar refractivity (Wildman–Crippen MR) is 129 cm³/mol. The van der Waals surface area contributed by atoms with Crippen LogP contribution in [0.5, 0.6) is 0 Å². The van der Waals surface area contributed by atoms with Gasteiger partial charge in [0, 0.05) is 42.3 Å². The lowest BCUT2D eigenvalue weighted by molar-refractivity contribution is -0.192. The number of nitrogens with one attached hydrogen (secondary N) is 2. The number of fused-ring (bicyclic) bond motifs is 1. The van der Waals surface area contributed by atoms with E-state index in [2.05, 4.69) is 15.2 Å². The highest BCUT2D eigenvalue weighted by molar-refractivity contribution is 6.31. The molecular weight excluding hydrogens is 539 g/mol. The highest BCUT2D eigenvalue weighted by Gasteiger charge is 2.38. The molecule has 206 valence electrons. The molecule has 0 radical (unpaired) electrons. The number of hydrogen-bond donors (Lipinski definition) is 3. The first-order chi connectivity index (χ1) is 17.8. The Hall–Kier alpha value is -3.45. The zero-order valence-electron chi connectivity index (χ0n) is 20.0. The number of benzene rings is 2. The van der Waals surface area contributed by atoms with E-state index in [9.17, 15) is 31.5 Å². The molecule has 1 fully saturated rings.